The van der Waals surface area contributed by atoms with Crippen molar-refractivity contribution in [2.24, 2.45) is 0 Å². The van der Waals surface area contributed by atoms with Crippen molar-refractivity contribution in [3.8, 4) is 0 Å². The first-order valence-electron chi connectivity index (χ1n) is 5.99. The molecule has 1 aliphatic rings. The van der Waals surface area contributed by atoms with Gasteiger partial charge in [0.25, 0.3) is 5.91 Å². The van der Waals surface area contributed by atoms with E-state index in [1.165, 1.54) is 29.2 Å². The lowest BCUT2D eigenvalue weighted by Gasteiger charge is -2.31. The van der Waals surface area contributed by atoms with Crippen molar-refractivity contribution in [2.75, 3.05) is 19.3 Å². The quantitative estimate of drug-likeness (QED) is 0.817. The third-order valence-corrected chi connectivity index (χ3v) is 4.25. The molecule has 2 rings (SSSR count). The van der Waals surface area contributed by atoms with Crippen LogP contribution in [0.2, 0.25) is 0 Å². The van der Waals surface area contributed by atoms with Gasteiger partial charge in [-0.1, -0.05) is 0 Å². The standard InChI is InChI=1S/C11H16N4O3S/c1-19(17,18)15-6-2-3-9(8-15)14-11(16)10-7-12-4-5-13-10/h4-5,7,9H,2-3,6,8H2,1H3,(H,14,16). The SMILES string of the molecule is CS(=O)(=O)N1CCCC(NC(=O)c2cnccn2)C1. The maximum atomic E-state index is 11.9. The first-order valence-corrected chi connectivity index (χ1v) is 7.83. The molecule has 1 fully saturated rings. The van der Waals surface area contributed by atoms with E-state index in [9.17, 15) is 13.2 Å². The molecular weight excluding hydrogens is 268 g/mol. The van der Waals surface area contributed by atoms with Crippen LogP contribution in [-0.4, -0.2) is 54.0 Å². The summed E-state index contributed by atoms with van der Waals surface area (Å²) in [6.45, 7) is 0.821. The summed E-state index contributed by atoms with van der Waals surface area (Å²) in [5.41, 5.74) is 0.235. The van der Waals surface area contributed by atoms with Crippen molar-refractivity contribution in [3.63, 3.8) is 0 Å². The fraction of sp³-hybridized carbons (Fsp3) is 0.545. The molecule has 104 valence electrons. The number of rotatable bonds is 3. The van der Waals surface area contributed by atoms with E-state index in [1.54, 1.807) is 0 Å². The number of sulfonamides is 1. The summed E-state index contributed by atoms with van der Waals surface area (Å²) < 4.78 is 24.3. The van der Waals surface area contributed by atoms with Gasteiger partial charge in [0.2, 0.25) is 10.0 Å². The first kappa shape index (κ1) is 13.9. The molecule has 1 unspecified atom stereocenters. The van der Waals surface area contributed by atoms with Crippen LogP contribution in [-0.2, 0) is 10.0 Å². The number of nitrogens with one attached hydrogen (secondary N) is 1. The van der Waals surface area contributed by atoms with Gasteiger partial charge in [0.05, 0.1) is 12.5 Å². The molecule has 1 atom stereocenters. The fourth-order valence-corrected chi connectivity index (χ4v) is 2.95. The van der Waals surface area contributed by atoms with Crippen LogP contribution >= 0.6 is 0 Å². The summed E-state index contributed by atoms with van der Waals surface area (Å²) in [6.07, 6.45) is 6.99. The zero-order valence-electron chi connectivity index (χ0n) is 10.6. The Labute approximate surface area is 112 Å². The Morgan fingerprint density at radius 2 is 2.26 bits per heavy atom. The number of carbonyl (C=O) groups excluding carboxylic acids is 1. The Bertz CT molecular complexity index is 546. The number of nitrogens with zero attached hydrogens (tertiary/aromatic N) is 3. The fourth-order valence-electron chi connectivity index (χ4n) is 2.04. The highest BCUT2D eigenvalue weighted by Gasteiger charge is 2.27. The Balaban J connectivity index is 1.98. The van der Waals surface area contributed by atoms with E-state index in [0.717, 1.165) is 12.8 Å². The van der Waals surface area contributed by atoms with Crippen molar-refractivity contribution < 1.29 is 13.2 Å². The molecule has 0 radical (unpaired) electrons. The largest absolute Gasteiger partial charge is 0.347 e. The number of carbonyl (C=O) groups is 1. The van der Waals surface area contributed by atoms with Crippen LogP contribution in [0.25, 0.3) is 0 Å². The average Bonchev–Trinajstić information content (AvgIpc) is 2.39. The molecule has 1 aromatic heterocycles. The normalized spacial score (nSPS) is 21.0. The third kappa shape index (κ3) is 3.71. The zero-order chi connectivity index (χ0) is 13.9. The number of aromatic nitrogens is 2. The summed E-state index contributed by atoms with van der Waals surface area (Å²) >= 11 is 0. The van der Waals surface area contributed by atoms with E-state index >= 15 is 0 Å². The molecular formula is C11H16N4O3S. The van der Waals surface area contributed by atoms with Gasteiger partial charge in [-0.2, -0.15) is 0 Å². The maximum absolute atomic E-state index is 11.9. The van der Waals surface area contributed by atoms with Gasteiger partial charge in [0.1, 0.15) is 5.69 Å². The summed E-state index contributed by atoms with van der Waals surface area (Å²) in [7, 11) is -3.21. The highest BCUT2D eigenvalue weighted by Crippen LogP contribution is 2.13. The van der Waals surface area contributed by atoms with Crippen LogP contribution in [0, 0.1) is 0 Å². The zero-order valence-corrected chi connectivity index (χ0v) is 11.4. The lowest BCUT2D eigenvalue weighted by Crippen LogP contribution is -2.49. The van der Waals surface area contributed by atoms with Crippen molar-refractivity contribution in [1.82, 2.24) is 19.6 Å². The molecule has 1 aromatic rings. The molecule has 0 bridgehead atoms. The van der Waals surface area contributed by atoms with Gasteiger partial charge in [-0.05, 0) is 12.8 Å². The van der Waals surface area contributed by atoms with E-state index in [2.05, 4.69) is 15.3 Å². The van der Waals surface area contributed by atoms with Gasteiger partial charge < -0.3 is 5.32 Å². The number of amides is 1. The van der Waals surface area contributed by atoms with E-state index < -0.39 is 10.0 Å². The van der Waals surface area contributed by atoms with Crippen LogP contribution in [0.1, 0.15) is 23.3 Å². The van der Waals surface area contributed by atoms with Crippen LogP contribution in [0.5, 0.6) is 0 Å². The second-order valence-electron chi connectivity index (χ2n) is 4.52. The molecule has 0 aliphatic carbocycles. The minimum Gasteiger partial charge on any atom is -0.347 e. The number of piperidine rings is 1. The van der Waals surface area contributed by atoms with Gasteiger partial charge in [-0.25, -0.2) is 17.7 Å². The molecule has 1 N–H and O–H groups in total. The lowest BCUT2D eigenvalue weighted by atomic mass is 10.1. The predicted octanol–water partition coefficient (Wildman–Crippen LogP) is -0.370. The Morgan fingerprint density at radius 1 is 1.47 bits per heavy atom. The minimum atomic E-state index is -3.21. The summed E-state index contributed by atoms with van der Waals surface area (Å²) in [6, 6.07) is -0.182. The molecule has 19 heavy (non-hydrogen) atoms. The van der Waals surface area contributed by atoms with Crippen LogP contribution < -0.4 is 5.32 Å². The second-order valence-corrected chi connectivity index (χ2v) is 6.51. The predicted molar refractivity (Wildman–Crippen MR) is 68.9 cm³/mol. The lowest BCUT2D eigenvalue weighted by molar-refractivity contribution is 0.0916. The first-order chi connectivity index (χ1) is 8.97. The summed E-state index contributed by atoms with van der Waals surface area (Å²) in [5.74, 6) is -0.326. The Hall–Kier alpha value is -1.54. The summed E-state index contributed by atoms with van der Waals surface area (Å²) in [5, 5.41) is 2.79. The van der Waals surface area contributed by atoms with Crippen molar-refractivity contribution >= 4 is 15.9 Å². The molecule has 0 saturated carbocycles. The minimum absolute atomic E-state index is 0.182. The number of hydrogen-bond donors (Lipinski definition) is 1. The van der Waals surface area contributed by atoms with Crippen molar-refractivity contribution in [3.05, 3.63) is 24.3 Å². The van der Waals surface area contributed by atoms with Crippen LogP contribution in [0.15, 0.2) is 18.6 Å². The Kier molecular flexibility index (Phi) is 4.11. The molecule has 0 spiro atoms. The molecule has 8 heteroatoms. The topological polar surface area (TPSA) is 92.3 Å². The highest BCUT2D eigenvalue weighted by molar-refractivity contribution is 7.88. The molecule has 1 amide bonds. The number of hydrogen-bond acceptors (Lipinski definition) is 5. The van der Waals surface area contributed by atoms with Gasteiger partial charge in [0.15, 0.2) is 0 Å². The molecule has 1 aliphatic heterocycles. The molecule has 2 heterocycles. The molecule has 1 saturated heterocycles. The van der Waals surface area contributed by atoms with E-state index in [4.69, 9.17) is 0 Å². The van der Waals surface area contributed by atoms with E-state index in [1.807, 2.05) is 0 Å². The van der Waals surface area contributed by atoms with Crippen molar-refractivity contribution in [2.45, 2.75) is 18.9 Å². The highest BCUT2D eigenvalue weighted by atomic mass is 32.2. The van der Waals surface area contributed by atoms with Gasteiger partial charge in [-0.15, -0.1) is 0 Å². The van der Waals surface area contributed by atoms with E-state index in [0.29, 0.717) is 13.1 Å². The monoisotopic (exact) mass is 284 g/mol. The maximum Gasteiger partial charge on any atom is 0.271 e. The molecule has 0 aromatic carbocycles. The third-order valence-electron chi connectivity index (χ3n) is 2.98. The molecule has 7 nitrogen and oxygen atoms in total. The van der Waals surface area contributed by atoms with Gasteiger partial charge in [-0.3, -0.25) is 9.78 Å². The van der Waals surface area contributed by atoms with E-state index in [-0.39, 0.29) is 17.6 Å². The summed E-state index contributed by atoms with van der Waals surface area (Å²) in [4.78, 5) is 19.6. The smallest absolute Gasteiger partial charge is 0.271 e. The Morgan fingerprint density at radius 3 is 2.89 bits per heavy atom. The van der Waals surface area contributed by atoms with Crippen LogP contribution in [0.3, 0.4) is 0 Å². The van der Waals surface area contributed by atoms with Crippen LogP contribution in [0.4, 0.5) is 0 Å². The van der Waals surface area contributed by atoms with Gasteiger partial charge >= 0.3 is 0 Å². The van der Waals surface area contributed by atoms with Crippen molar-refractivity contribution in [1.29, 1.82) is 0 Å². The van der Waals surface area contributed by atoms with Gasteiger partial charge in [0, 0.05) is 31.5 Å². The average molecular weight is 284 g/mol. The second kappa shape index (κ2) is 5.62.